The monoisotopic (exact) mass is 234 g/mol. The topological polar surface area (TPSA) is 17.1 Å². The van der Waals surface area contributed by atoms with Gasteiger partial charge >= 0.3 is 0 Å². The zero-order chi connectivity index (χ0) is 11.6. The highest BCUT2D eigenvalue weighted by Gasteiger charge is 2.31. The van der Waals surface area contributed by atoms with E-state index in [1.54, 1.807) is 0 Å². The smallest absolute Gasteiger partial charge is 0.134 e. The number of hydrogen-bond donors (Lipinski definition) is 0. The lowest BCUT2D eigenvalue weighted by Gasteiger charge is -2.32. The van der Waals surface area contributed by atoms with Gasteiger partial charge in [-0.3, -0.25) is 4.79 Å². The fourth-order valence-corrected chi connectivity index (χ4v) is 3.55. The van der Waals surface area contributed by atoms with E-state index < -0.39 is 0 Å². The molecular formula is C14H18OS. The molecule has 2 rings (SSSR count). The van der Waals surface area contributed by atoms with Crippen molar-refractivity contribution < 1.29 is 4.79 Å². The van der Waals surface area contributed by atoms with Crippen LogP contribution in [0.3, 0.4) is 0 Å². The third-order valence-corrected chi connectivity index (χ3v) is 4.47. The van der Waals surface area contributed by atoms with E-state index in [1.165, 1.54) is 10.5 Å². The summed E-state index contributed by atoms with van der Waals surface area (Å²) >= 11 is 1.86. The van der Waals surface area contributed by atoms with E-state index in [0.29, 0.717) is 5.78 Å². The number of ketones is 1. The molecule has 0 aromatic heterocycles. The van der Waals surface area contributed by atoms with Crippen molar-refractivity contribution in [3.63, 3.8) is 0 Å². The van der Waals surface area contributed by atoms with Gasteiger partial charge in [0.2, 0.25) is 0 Å². The maximum absolute atomic E-state index is 11.5. The number of carbonyl (C=O) groups excluding carboxylic acids is 1. The molecule has 1 fully saturated rings. The van der Waals surface area contributed by atoms with Crippen LogP contribution in [0, 0.1) is 6.92 Å². The van der Waals surface area contributed by atoms with Crippen LogP contribution < -0.4 is 0 Å². The second kappa shape index (κ2) is 4.62. The van der Waals surface area contributed by atoms with E-state index in [9.17, 15) is 4.79 Å². The van der Waals surface area contributed by atoms with E-state index in [0.717, 1.165) is 25.7 Å². The number of hydrogen-bond acceptors (Lipinski definition) is 2. The largest absolute Gasteiger partial charge is 0.300 e. The zero-order valence-electron chi connectivity index (χ0n) is 9.95. The molecule has 1 atom stereocenters. The Kier molecular flexibility index (Phi) is 3.38. The quantitative estimate of drug-likeness (QED) is 0.769. The first-order valence-corrected chi connectivity index (χ1v) is 6.66. The van der Waals surface area contributed by atoms with Gasteiger partial charge in [-0.1, -0.05) is 17.7 Å². The number of rotatable bonds is 2. The van der Waals surface area contributed by atoms with Crippen molar-refractivity contribution in [2.75, 3.05) is 0 Å². The van der Waals surface area contributed by atoms with Gasteiger partial charge in [-0.15, -0.1) is 11.8 Å². The molecule has 0 bridgehead atoms. The summed E-state index contributed by atoms with van der Waals surface area (Å²) in [5.74, 6) is 0.424. The highest BCUT2D eigenvalue weighted by molar-refractivity contribution is 8.00. The average molecular weight is 234 g/mol. The van der Waals surface area contributed by atoms with Gasteiger partial charge in [0.1, 0.15) is 5.78 Å². The van der Waals surface area contributed by atoms with E-state index in [-0.39, 0.29) is 4.75 Å². The van der Waals surface area contributed by atoms with E-state index in [4.69, 9.17) is 0 Å². The predicted octanol–water partition coefficient (Wildman–Crippen LogP) is 3.99. The molecule has 1 aromatic rings. The molecule has 1 nitrogen and oxygen atoms in total. The summed E-state index contributed by atoms with van der Waals surface area (Å²) in [5.41, 5.74) is 1.29. The number of benzene rings is 1. The Bertz CT molecular complexity index is 382. The SMILES string of the molecule is Cc1ccc(SC2(C)CCCC(=O)C2)cc1. The number of Topliss-reactive ketones (excluding diaryl/α,β-unsaturated/α-hetero) is 1. The Morgan fingerprint density at radius 1 is 1.25 bits per heavy atom. The van der Waals surface area contributed by atoms with Gasteiger partial charge in [-0.05, 0) is 38.8 Å². The molecule has 2 heteroatoms. The summed E-state index contributed by atoms with van der Waals surface area (Å²) in [6.45, 7) is 4.31. The van der Waals surface area contributed by atoms with Crippen molar-refractivity contribution in [2.45, 2.75) is 49.2 Å². The maximum atomic E-state index is 11.5. The predicted molar refractivity (Wildman–Crippen MR) is 68.9 cm³/mol. The first-order chi connectivity index (χ1) is 7.57. The van der Waals surface area contributed by atoms with E-state index >= 15 is 0 Å². The first-order valence-electron chi connectivity index (χ1n) is 5.85. The minimum Gasteiger partial charge on any atom is -0.300 e. The molecule has 1 aromatic carbocycles. The van der Waals surface area contributed by atoms with Crippen LogP contribution in [-0.2, 0) is 4.79 Å². The highest BCUT2D eigenvalue weighted by Crippen LogP contribution is 2.42. The molecular weight excluding hydrogens is 216 g/mol. The van der Waals surface area contributed by atoms with Crippen molar-refractivity contribution in [1.29, 1.82) is 0 Å². The molecule has 1 aliphatic rings. The van der Waals surface area contributed by atoms with Gasteiger partial charge in [0.05, 0.1) is 0 Å². The summed E-state index contributed by atoms with van der Waals surface area (Å²) in [5, 5.41) is 0. The normalized spacial score (nSPS) is 25.8. The van der Waals surface area contributed by atoms with Crippen LogP contribution >= 0.6 is 11.8 Å². The Morgan fingerprint density at radius 3 is 2.56 bits per heavy atom. The fourth-order valence-electron chi connectivity index (χ4n) is 2.23. The summed E-state index contributed by atoms with van der Waals surface area (Å²) in [6, 6.07) is 8.58. The Hall–Kier alpha value is -0.760. The first kappa shape index (κ1) is 11.7. The van der Waals surface area contributed by atoms with Gasteiger partial charge < -0.3 is 0 Å². The third kappa shape index (κ3) is 2.88. The van der Waals surface area contributed by atoms with Crippen molar-refractivity contribution in [3.8, 4) is 0 Å². The van der Waals surface area contributed by atoms with Gasteiger partial charge in [-0.25, -0.2) is 0 Å². The van der Waals surface area contributed by atoms with Crippen LogP contribution in [0.5, 0.6) is 0 Å². The standard InChI is InChI=1S/C14H18OS/c1-11-5-7-13(8-6-11)16-14(2)9-3-4-12(15)10-14/h5-8H,3-4,9-10H2,1-2H3. The Labute approximate surface area is 102 Å². The molecule has 0 amide bonds. The lowest BCUT2D eigenvalue weighted by Crippen LogP contribution is -2.28. The Morgan fingerprint density at radius 2 is 1.94 bits per heavy atom. The summed E-state index contributed by atoms with van der Waals surface area (Å²) < 4.78 is 0.116. The number of thioether (sulfide) groups is 1. The fraction of sp³-hybridized carbons (Fsp3) is 0.500. The van der Waals surface area contributed by atoms with E-state index in [1.807, 2.05) is 11.8 Å². The second-order valence-electron chi connectivity index (χ2n) is 4.93. The highest BCUT2D eigenvalue weighted by atomic mass is 32.2. The van der Waals surface area contributed by atoms with Crippen LogP contribution in [0.2, 0.25) is 0 Å². The molecule has 0 N–H and O–H groups in total. The van der Waals surface area contributed by atoms with Gasteiger partial charge in [0.25, 0.3) is 0 Å². The lowest BCUT2D eigenvalue weighted by atomic mass is 9.89. The van der Waals surface area contributed by atoms with E-state index in [2.05, 4.69) is 38.1 Å². The average Bonchev–Trinajstić information content (AvgIpc) is 2.21. The molecule has 0 saturated heterocycles. The van der Waals surface area contributed by atoms with Crippen LogP contribution in [0.4, 0.5) is 0 Å². The number of aryl methyl sites for hydroxylation is 1. The van der Waals surface area contributed by atoms with Crippen molar-refractivity contribution in [2.24, 2.45) is 0 Å². The second-order valence-corrected chi connectivity index (χ2v) is 6.60. The van der Waals surface area contributed by atoms with Crippen molar-refractivity contribution in [1.82, 2.24) is 0 Å². The maximum Gasteiger partial charge on any atom is 0.134 e. The summed E-state index contributed by atoms with van der Waals surface area (Å²) in [6.07, 6.45) is 3.71. The summed E-state index contributed by atoms with van der Waals surface area (Å²) in [4.78, 5) is 12.8. The minimum atomic E-state index is 0.116. The van der Waals surface area contributed by atoms with Gasteiger partial charge in [0, 0.05) is 22.5 Å². The van der Waals surface area contributed by atoms with Crippen molar-refractivity contribution in [3.05, 3.63) is 29.8 Å². The third-order valence-electron chi connectivity index (χ3n) is 3.12. The number of carbonyl (C=O) groups is 1. The van der Waals surface area contributed by atoms with Crippen LogP contribution in [0.25, 0.3) is 0 Å². The van der Waals surface area contributed by atoms with Crippen LogP contribution in [-0.4, -0.2) is 10.5 Å². The molecule has 1 saturated carbocycles. The van der Waals surface area contributed by atoms with Gasteiger partial charge in [-0.2, -0.15) is 0 Å². The summed E-state index contributed by atoms with van der Waals surface area (Å²) in [7, 11) is 0. The van der Waals surface area contributed by atoms with Crippen LogP contribution in [0.1, 0.15) is 38.2 Å². The molecule has 0 aliphatic heterocycles. The Balaban J connectivity index is 2.08. The molecule has 86 valence electrons. The lowest BCUT2D eigenvalue weighted by molar-refractivity contribution is -0.120. The molecule has 0 radical (unpaired) electrons. The zero-order valence-corrected chi connectivity index (χ0v) is 10.8. The molecule has 16 heavy (non-hydrogen) atoms. The molecule has 1 aliphatic carbocycles. The molecule has 1 unspecified atom stereocenters. The van der Waals surface area contributed by atoms with Gasteiger partial charge in [0.15, 0.2) is 0 Å². The molecule has 0 heterocycles. The van der Waals surface area contributed by atoms with Crippen molar-refractivity contribution >= 4 is 17.5 Å². The minimum absolute atomic E-state index is 0.116. The van der Waals surface area contributed by atoms with Crippen LogP contribution in [0.15, 0.2) is 29.2 Å². The molecule has 0 spiro atoms.